The second kappa shape index (κ2) is 5.05. The van der Waals surface area contributed by atoms with Gasteiger partial charge in [0, 0.05) is 12.4 Å². The third kappa shape index (κ3) is 1.95. The van der Waals surface area contributed by atoms with E-state index in [1.807, 2.05) is 0 Å². The molecule has 5 atom stereocenters. The zero-order valence-corrected chi connectivity index (χ0v) is 11.9. The van der Waals surface area contributed by atoms with Crippen molar-refractivity contribution in [1.29, 1.82) is 0 Å². The molecule has 1 aromatic rings. The number of hydrogen-bond donors (Lipinski definition) is 0. The summed E-state index contributed by atoms with van der Waals surface area (Å²) in [6.45, 7) is 3.18. The van der Waals surface area contributed by atoms with Gasteiger partial charge in [-0.3, -0.25) is 0 Å². The Labute approximate surface area is 121 Å². The molecule has 0 amide bonds. The van der Waals surface area contributed by atoms with Crippen LogP contribution in [-0.4, -0.2) is 13.7 Å². The zero-order valence-electron chi connectivity index (χ0n) is 11.9. The lowest BCUT2D eigenvalue weighted by atomic mass is 9.49. The molecule has 0 aromatic heterocycles. The maximum absolute atomic E-state index is 6.37. The van der Waals surface area contributed by atoms with E-state index in [2.05, 4.69) is 49.4 Å². The molecule has 104 valence electrons. The van der Waals surface area contributed by atoms with Crippen molar-refractivity contribution >= 4 is 7.12 Å². The Morgan fingerprint density at radius 3 is 2.90 bits per heavy atom. The predicted octanol–water partition coefficient (Wildman–Crippen LogP) is 3.87. The maximum Gasteiger partial charge on any atom is 0.461 e. The topological polar surface area (TPSA) is 18.5 Å². The molecule has 2 saturated heterocycles. The van der Waals surface area contributed by atoms with Crippen LogP contribution in [0.2, 0.25) is 5.82 Å². The average Bonchev–Trinajstić information content (AvgIpc) is 2.52. The van der Waals surface area contributed by atoms with Crippen LogP contribution in [0.25, 0.3) is 0 Å². The van der Waals surface area contributed by atoms with E-state index in [1.165, 1.54) is 12.0 Å². The minimum Gasteiger partial charge on any atom is -0.411 e. The molecule has 0 bridgehead atoms. The molecule has 3 aliphatic rings. The van der Waals surface area contributed by atoms with Gasteiger partial charge < -0.3 is 9.31 Å². The molecule has 2 heterocycles. The van der Waals surface area contributed by atoms with E-state index in [-0.39, 0.29) is 13.2 Å². The zero-order chi connectivity index (χ0) is 13.5. The smallest absolute Gasteiger partial charge is 0.411 e. The third-order valence-electron chi connectivity index (χ3n) is 5.39. The van der Waals surface area contributed by atoms with E-state index in [0.29, 0.717) is 23.6 Å². The Morgan fingerprint density at radius 2 is 2.05 bits per heavy atom. The fourth-order valence-corrected chi connectivity index (χ4v) is 4.35. The minimum atomic E-state index is -0.00916. The summed E-state index contributed by atoms with van der Waals surface area (Å²) in [7, 11) is -0.00916. The monoisotopic (exact) mass is 268 g/mol. The van der Waals surface area contributed by atoms with Crippen molar-refractivity contribution < 1.29 is 9.31 Å². The van der Waals surface area contributed by atoms with E-state index >= 15 is 0 Å². The summed E-state index contributed by atoms with van der Waals surface area (Å²) >= 11 is 0. The normalized spacial score (nSPS) is 39.5. The van der Waals surface area contributed by atoms with Crippen molar-refractivity contribution in [1.82, 2.24) is 0 Å². The van der Waals surface area contributed by atoms with Crippen LogP contribution in [-0.2, 0) is 9.31 Å². The standard InChI is InChI=1S/C17H21BO2/c1-12-15-9-5-8-13-10-11-19-18(16(13)15)20-17(12)14-6-3-2-4-7-14/h2-8,12-13,15-17H,9-11H2,1H3/t12-,13+,15-,16-,17-/m1/s1. The molecule has 2 fully saturated rings. The molecule has 1 aromatic carbocycles. The SMILES string of the molecule is C[C@@H]1[C@H]2CC=C[C@H]3CCOB(O[C@H]1c1ccccc1)[C@@H]23. The first-order valence-corrected chi connectivity index (χ1v) is 7.83. The Hall–Kier alpha value is -1.06. The quantitative estimate of drug-likeness (QED) is 0.568. The summed E-state index contributed by atoms with van der Waals surface area (Å²) in [6, 6.07) is 10.6. The number of allylic oxidation sites excluding steroid dienone is 2. The van der Waals surface area contributed by atoms with Crippen molar-refractivity contribution in [2.75, 3.05) is 6.61 Å². The highest BCUT2D eigenvalue weighted by Gasteiger charge is 2.52. The molecular formula is C17H21BO2. The first-order chi connectivity index (χ1) is 9.84. The molecule has 20 heavy (non-hydrogen) atoms. The number of benzene rings is 1. The van der Waals surface area contributed by atoms with Crippen LogP contribution < -0.4 is 0 Å². The summed E-state index contributed by atoms with van der Waals surface area (Å²) < 4.78 is 12.3. The van der Waals surface area contributed by atoms with Gasteiger partial charge in [-0.2, -0.15) is 0 Å². The highest BCUT2D eigenvalue weighted by atomic mass is 16.6. The molecule has 0 spiro atoms. The minimum absolute atomic E-state index is 0.00916. The molecule has 0 radical (unpaired) electrons. The number of hydrogen-bond acceptors (Lipinski definition) is 2. The molecule has 1 aliphatic carbocycles. The van der Waals surface area contributed by atoms with Gasteiger partial charge in [0.2, 0.25) is 0 Å². The Morgan fingerprint density at radius 1 is 1.20 bits per heavy atom. The first kappa shape index (κ1) is 12.7. The van der Waals surface area contributed by atoms with Gasteiger partial charge in [-0.25, -0.2) is 0 Å². The molecule has 0 saturated carbocycles. The fourth-order valence-electron chi connectivity index (χ4n) is 4.35. The van der Waals surface area contributed by atoms with Crippen LogP contribution in [0.1, 0.15) is 31.4 Å². The van der Waals surface area contributed by atoms with Crippen LogP contribution in [0.5, 0.6) is 0 Å². The molecule has 4 rings (SSSR count). The van der Waals surface area contributed by atoms with Gasteiger partial charge >= 0.3 is 7.12 Å². The summed E-state index contributed by atoms with van der Waals surface area (Å²) in [4.78, 5) is 0. The van der Waals surface area contributed by atoms with E-state index in [9.17, 15) is 0 Å². The molecule has 3 heteroatoms. The highest BCUT2D eigenvalue weighted by molar-refractivity contribution is 6.47. The Kier molecular flexibility index (Phi) is 3.20. The molecule has 2 aliphatic heterocycles. The molecule has 2 nitrogen and oxygen atoms in total. The number of rotatable bonds is 1. The fraction of sp³-hybridized carbons (Fsp3) is 0.529. The molecular weight excluding hydrogens is 247 g/mol. The summed E-state index contributed by atoms with van der Waals surface area (Å²) in [5.74, 6) is 2.46. The van der Waals surface area contributed by atoms with Gasteiger partial charge in [-0.1, -0.05) is 49.4 Å². The van der Waals surface area contributed by atoms with E-state index < -0.39 is 0 Å². The van der Waals surface area contributed by atoms with Gasteiger partial charge in [0.15, 0.2) is 0 Å². The maximum atomic E-state index is 6.37. The van der Waals surface area contributed by atoms with Crippen LogP contribution >= 0.6 is 0 Å². The largest absolute Gasteiger partial charge is 0.461 e. The van der Waals surface area contributed by atoms with Crippen molar-refractivity contribution in [2.45, 2.75) is 31.7 Å². The Bertz CT molecular complexity index is 501. The molecule has 0 unspecified atom stereocenters. The van der Waals surface area contributed by atoms with Gasteiger partial charge in [0.25, 0.3) is 0 Å². The van der Waals surface area contributed by atoms with Gasteiger partial charge in [0.1, 0.15) is 0 Å². The van der Waals surface area contributed by atoms with Gasteiger partial charge in [-0.05, 0) is 36.2 Å². The van der Waals surface area contributed by atoms with E-state index in [0.717, 1.165) is 13.0 Å². The first-order valence-electron chi connectivity index (χ1n) is 7.83. The van der Waals surface area contributed by atoms with E-state index in [4.69, 9.17) is 9.31 Å². The lowest BCUT2D eigenvalue weighted by molar-refractivity contribution is -0.00323. The predicted molar refractivity (Wildman–Crippen MR) is 80.2 cm³/mol. The summed E-state index contributed by atoms with van der Waals surface area (Å²) in [5.41, 5.74) is 1.29. The van der Waals surface area contributed by atoms with E-state index in [1.54, 1.807) is 0 Å². The van der Waals surface area contributed by atoms with Crippen LogP contribution in [0.15, 0.2) is 42.5 Å². The van der Waals surface area contributed by atoms with Crippen molar-refractivity contribution in [3.63, 3.8) is 0 Å². The molecule has 0 N–H and O–H groups in total. The van der Waals surface area contributed by atoms with Gasteiger partial charge in [0.05, 0.1) is 6.10 Å². The average molecular weight is 268 g/mol. The van der Waals surface area contributed by atoms with Crippen molar-refractivity contribution in [3.8, 4) is 0 Å². The van der Waals surface area contributed by atoms with Gasteiger partial charge in [-0.15, -0.1) is 0 Å². The van der Waals surface area contributed by atoms with Crippen LogP contribution in [0.3, 0.4) is 0 Å². The van der Waals surface area contributed by atoms with Crippen LogP contribution in [0, 0.1) is 17.8 Å². The third-order valence-corrected chi connectivity index (χ3v) is 5.39. The second-order valence-corrected chi connectivity index (χ2v) is 6.42. The lowest BCUT2D eigenvalue weighted by Gasteiger charge is -2.50. The van der Waals surface area contributed by atoms with Crippen molar-refractivity contribution in [3.05, 3.63) is 48.0 Å². The van der Waals surface area contributed by atoms with Crippen molar-refractivity contribution in [2.24, 2.45) is 17.8 Å². The van der Waals surface area contributed by atoms with Crippen LogP contribution in [0.4, 0.5) is 0 Å². The summed E-state index contributed by atoms with van der Waals surface area (Å²) in [5, 5.41) is 0. The highest BCUT2D eigenvalue weighted by Crippen LogP contribution is 2.53. The lowest BCUT2D eigenvalue weighted by Crippen LogP contribution is -2.50. The summed E-state index contributed by atoms with van der Waals surface area (Å²) in [6.07, 6.45) is 7.29. The Balaban J connectivity index is 1.67. The second-order valence-electron chi connectivity index (χ2n) is 6.42.